The molecule has 3 heterocycles. The molecule has 1 aromatic heterocycles. The number of nitrogens with one attached hydrogen (secondary N) is 2. The number of aromatic hydroxyl groups is 1. The molecule has 10 nitrogen and oxygen atoms in total. The predicted octanol–water partition coefficient (Wildman–Crippen LogP) is 1.41. The lowest BCUT2D eigenvalue weighted by atomic mass is 9.99. The number of carbonyl (C=O) groups excluding carboxylic acids is 2. The summed E-state index contributed by atoms with van der Waals surface area (Å²) in [7, 11) is 0. The summed E-state index contributed by atoms with van der Waals surface area (Å²) in [5, 5.41) is 26.7. The largest absolute Gasteiger partial charge is 0.506 e. The van der Waals surface area contributed by atoms with Gasteiger partial charge >= 0.3 is 0 Å². The molecule has 4 rings (SSSR count). The first-order valence-electron chi connectivity index (χ1n) is 11.8. The van der Waals surface area contributed by atoms with E-state index >= 15 is 0 Å². The summed E-state index contributed by atoms with van der Waals surface area (Å²) in [6.07, 6.45) is 2.90. The van der Waals surface area contributed by atoms with Gasteiger partial charge in [-0.1, -0.05) is 17.7 Å². The Balaban J connectivity index is 1.24. The SMILES string of the molecule is CC(=O)N1CCC(Nc2cc(C(=O)NC[C@H](O)CN3CCc4c(ccc(O)c4Cl)C3)ncn2)CC1. The Morgan fingerprint density at radius 2 is 2.00 bits per heavy atom. The smallest absolute Gasteiger partial charge is 0.270 e. The highest BCUT2D eigenvalue weighted by Crippen LogP contribution is 2.33. The Labute approximate surface area is 209 Å². The fraction of sp³-hybridized carbons (Fsp3) is 0.500. The summed E-state index contributed by atoms with van der Waals surface area (Å²) >= 11 is 6.20. The molecule has 11 heteroatoms. The van der Waals surface area contributed by atoms with Crippen LogP contribution < -0.4 is 10.6 Å². The van der Waals surface area contributed by atoms with Gasteiger partial charge in [-0.2, -0.15) is 0 Å². The van der Waals surface area contributed by atoms with Crippen LogP contribution in [-0.4, -0.2) is 86.7 Å². The minimum absolute atomic E-state index is 0.0846. The van der Waals surface area contributed by atoms with Crippen LogP contribution in [-0.2, 0) is 17.8 Å². The molecule has 0 saturated carbocycles. The van der Waals surface area contributed by atoms with Gasteiger partial charge in [-0.05, 0) is 36.5 Å². The highest BCUT2D eigenvalue weighted by Gasteiger charge is 2.23. The van der Waals surface area contributed by atoms with Crippen molar-refractivity contribution >= 4 is 29.2 Å². The summed E-state index contributed by atoms with van der Waals surface area (Å²) in [6, 6.07) is 5.21. The number of rotatable bonds is 7. The van der Waals surface area contributed by atoms with Crippen LogP contribution in [0.3, 0.4) is 0 Å². The number of phenols is 1. The Hall–Kier alpha value is -2.95. The van der Waals surface area contributed by atoms with Crippen LogP contribution in [0.2, 0.25) is 5.02 Å². The molecule has 2 aliphatic rings. The van der Waals surface area contributed by atoms with Gasteiger partial charge in [0.05, 0.1) is 11.1 Å². The van der Waals surface area contributed by atoms with Crippen molar-refractivity contribution in [3.63, 3.8) is 0 Å². The maximum Gasteiger partial charge on any atom is 0.270 e. The Kier molecular flexibility index (Phi) is 8.04. The average molecular weight is 503 g/mol. The van der Waals surface area contributed by atoms with E-state index < -0.39 is 6.10 Å². The third-order valence-corrected chi connectivity index (χ3v) is 6.97. The molecular formula is C24H31ClN6O4. The molecule has 35 heavy (non-hydrogen) atoms. The molecule has 188 valence electrons. The number of fused-ring (bicyclic) bond motifs is 1. The molecule has 0 radical (unpaired) electrons. The second-order valence-electron chi connectivity index (χ2n) is 9.10. The van der Waals surface area contributed by atoms with Gasteiger partial charge in [0.2, 0.25) is 5.91 Å². The minimum atomic E-state index is -0.751. The highest BCUT2D eigenvalue weighted by molar-refractivity contribution is 6.32. The van der Waals surface area contributed by atoms with Crippen molar-refractivity contribution < 1.29 is 19.8 Å². The van der Waals surface area contributed by atoms with E-state index in [2.05, 4.69) is 25.5 Å². The molecule has 1 saturated heterocycles. The lowest BCUT2D eigenvalue weighted by Gasteiger charge is -2.32. The highest BCUT2D eigenvalue weighted by atomic mass is 35.5. The molecule has 2 aromatic rings. The van der Waals surface area contributed by atoms with Crippen molar-refractivity contribution in [3.8, 4) is 5.75 Å². The zero-order chi connectivity index (χ0) is 24.9. The van der Waals surface area contributed by atoms with E-state index in [1.165, 1.54) is 6.33 Å². The van der Waals surface area contributed by atoms with Crippen molar-refractivity contribution in [2.24, 2.45) is 0 Å². The van der Waals surface area contributed by atoms with Crippen LogP contribution in [0.5, 0.6) is 5.75 Å². The van der Waals surface area contributed by atoms with Gasteiger partial charge in [0.25, 0.3) is 5.91 Å². The summed E-state index contributed by atoms with van der Waals surface area (Å²) < 4.78 is 0. The molecule has 1 atom stereocenters. The van der Waals surface area contributed by atoms with Crippen molar-refractivity contribution in [1.29, 1.82) is 0 Å². The topological polar surface area (TPSA) is 131 Å². The number of hydrogen-bond donors (Lipinski definition) is 4. The lowest BCUT2D eigenvalue weighted by molar-refractivity contribution is -0.129. The van der Waals surface area contributed by atoms with Crippen molar-refractivity contribution in [2.75, 3.05) is 38.0 Å². The van der Waals surface area contributed by atoms with Crippen molar-refractivity contribution in [1.82, 2.24) is 25.1 Å². The number of benzene rings is 1. The number of aromatic nitrogens is 2. The van der Waals surface area contributed by atoms with E-state index in [1.807, 2.05) is 11.0 Å². The average Bonchev–Trinajstić information content (AvgIpc) is 2.85. The van der Waals surface area contributed by atoms with Crippen LogP contribution in [0.15, 0.2) is 24.5 Å². The van der Waals surface area contributed by atoms with Crippen molar-refractivity contribution in [2.45, 2.75) is 44.9 Å². The number of amides is 2. The Morgan fingerprint density at radius 3 is 2.74 bits per heavy atom. The molecule has 2 amide bonds. The minimum Gasteiger partial charge on any atom is -0.506 e. The Bertz CT molecular complexity index is 1080. The fourth-order valence-electron chi connectivity index (χ4n) is 4.58. The molecule has 1 fully saturated rings. The Morgan fingerprint density at radius 1 is 1.23 bits per heavy atom. The van der Waals surface area contributed by atoms with Gasteiger partial charge in [-0.3, -0.25) is 14.5 Å². The number of β-amino-alcohol motifs (C(OH)–C–C–N with tert-alkyl or cyclic N) is 1. The van der Waals surface area contributed by atoms with Gasteiger partial charge in [0.1, 0.15) is 23.6 Å². The monoisotopic (exact) mass is 502 g/mol. The first kappa shape index (κ1) is 25.2. The van der Waals surface area contributed by atoms with Crippen LogP contribution in [0.25, 0.3) is 0 Å². The summed E-state index contributed by atoms with van der Waals surface area (Å²) in [4.78, 5) is 36.3. The van der Waals surface area contributed by atoms with Crippen LogP contribution in [0.4, 0.5) is 5.82 Å². The van der Waals surface area contributed by atoms with Crippen LogP contribution in [0, 0.1) is 0 Å². The number of likely N-dealkylation sites (tertiary alicyclic amines) is 1. The number of nitrogens with zero attached hydrogens (tertiary/aromatic N) is 4. The first-order chi connectivity index (χ1) is 16.8. The van der Waals surface area contributed by atoms with E-state index in [-0.39, 0.29) is 35.8 Å². The molecule has 0 unspecified atom stereocenters. The lowest BCUT2D eigenvalue weighted by Crippen LogP contribution is -2.42. The number of aliphatic hydroxyl groups excluding tert-OH is 1. The van der Waals surface area contributed by atoms with Gasteiger partial charge < -0.3 is 25.7 Å². The number of hydrogen-bond acceptors (Lipinski definition) is 8. The zero-order valence-electron chi connectivity index (χ0n) is 19.7. The van der Waals surface area contributed by atoms with E-state index in [0.29, 0.717) is 50.0 Å². The molecular weight excluding hydrogens is 472 g/mol. The standard InChI is InChI=1S/C24H31ClN6O4/c1-15(32)31-8-4-17(5-9-31)29-22-10-20(27-14-28-22)24(35)26-11-18(33)13-30-7-6-19-16(12-30)2-3-21(34)23(19)25/h2-3,10,14,17-18,33-34H,4-9,11-13H2,1H3,(H,26,35)(H,27,28,29)/t18-/m0/s1. The molecule has 0 aliphatic carbocycles. The van der Waals surface area contributed by atoms with Gasteiger partial charge in [0, 0.05) is 58.3 Å². The second-order valence-corrected chi connectivity index (χ2v) is 9.48. The van der Waals surface area contributed by atoms with Gasteiger partial charge in [-0.25, -0.2) is 9.97 Å². The van der Waals surface area contributed by atoms with Crippen LogP contribution >= 0.6 is 11.6 Å². The van der Waals surface area contributed by atoms with E-state index in [4.69, 9.17) is 11.6 Å². The van der Waals surface area contributed by atoms with Crippen LogP contribution in [0.1, 0.15) is 41.4 Å². The number of halogens is 1. The van der Waals surface area contributed by atoms with E-state index in [9.17, 15) is 19.8 Å². The summed E-state index contributed by atoms with van der Waals surface area (Å²) in [5.74, 6) is 0.347. The third kappa shape index (κ3) is 6.39. The number of piperidine rings is 1. The van der Waals surface area contributed by atoms with Gasteiger partial charge in [0.15, 0.2) is 0 Å². The fourth-order valence-corrected chi connectivity index (χ4v) is 4.86. The van der Waals surface area contributed by atoms with E-state index in [0.717, 1.165) is 24.0 Å². The number of carbonyl (C=O) groups is 2. The third-order valence-electron chi connectivity index (χ3n) is 6.55. The van der Waals surface area contributed by atoms with E-state index in [1.54, 1.807) is 19.1 Å². The predicted molar refractivity (Wildman–Crippen MR) is 131 cm³/mol. The second kappa shape index (κ2) is 11.2. The molecule has 0 bridgehead atoms. The summed E-state index contributed by atoms with van der Waals surface area (Å²) in [6.45, 7) is 4.78. The molecule has 0 spiro atoms. The maximum absolute atomic E-state index is 12.6. The van der Waals surface area contributed by atoms with Gasteiger partial charge in [-0.15, -0.1) is 0 Å². The van der Waals surface area contributed by atoms with Crippen molar-refractivity contribution in [3.05, 3.63) is 46.4 Å². The quantitative estimate of drug-likeness (QED) is 0.447. The normalized spacial score (nSPS) is 17.5. The maximum atomic E-state index is 12.6. The molecule has 1 aromatic carbocycles. The number of phenolic OH excluding ortho intramolecular Hbond substituents is 1. The number of aliphatic hydroxyl groups is 1. The number of anilines is 1. The zero-order valence-corrected chi connectivity index (χ0v) is 20.5. The molecule has 2 aliphatic heterocycles. The molecule has 4 N–H and O–H groups in total. The first-order valence-corrected chi connectivity index (χ1v) is 12.2. The summed E-state index contributed by atoms with van der Waals surface area (Å²) in [5.41, 5.74) is 2.20.